The molecule has 0 bridgehead atoms. The van der Waals surface area contributed by atoms with Crippen LogP contribution in [0.3, 0.4) is 0 Å². The number of nitrogens with zero attached hydrogens (tertiary/aromatic N) is 4. The van der Waals surface area contributed by atoms with Gasteiger partial charge in [-0.2, -0.15) is 10.2 Å². The molecule has 1 aliphatic rings. The van der Waals surface area contributed by atoms with Crippen LogP contribution in [0, 0.1) is 0 Å². The number of azo groups is 1. The van der Waals surface area contributed by atoms with Gasteiger partial charge in [-0.3, -0.25) is 0 Å². The highest BCUT2D eigenvalue weighted by molar-refractivity contribution is 7.16. The van der Waals surface area contributed by atoms with Crippen molar-refractivity contribution in [1.82, 2.24) is 4.98 Å². The van der Waals surface area contributed by atoms with Crippen LogP contribution in [-0.2, 0) is 0 Å². The lowest BCUT2D eigenvalue weighted by Gasteiger charge is -2.28. The quantitative estimate of drug-likeness (QED) is 0.580. The lowest BCUT2D eigenvalue weighted by molar-refractivity contribution is 0.578. The lowest BCUT2D eigenvalue weighted by atomic mass is 10.1. The lowest BCUT2D eigenvalue weighted by Crippen LogP contribution is -2.29. The van der Waals surface area contributed by atoms with Gasteiger partial charge in [0, 0.05) is 18.8 Å². The summed E-state index contributed by atoms with van der Waals surface area (Å²) >= 11 is 1.62. The Morgan fingerprint density at radius 3 is 2.43 bits per heavy atom. The minimum absolute atomic E-state index is 0.863. The number of aromatic nitrogens is 1. The molecule has 3 aromatic rings. The van der Waals surface area contributed by atoms with Crippen molar-refractivity contribution < 1.29 is 0 Å². The summed E-state index contributed by atoms with van der Waals surface area (Å²) in [7, 11) is 0. The molecule has 0 aliphatic carbocycles. The van der Waals surface area contributed by atoms with Crippen molar-refractivity contribution in [2.45, 2.75) is 19.3 Å². The van der Waals surface area contributed by atoms with E-state index in [1.165, 1.54) is 24.9 Å². The van der Waals surface area contributed by atoms with Crippen LogP contribution in [0.2, 0.25) is 0 Å². The van der Waals surface area contributed by atoms with Crippen LogP contribution in [0.15, 0.2) is 58.2 Å². The zero-order chi connectivity index (χ0) is 15.5. The Morgan fingerprint density at radius 2 is 1.61 bits per heavy atom. The maximum Gasteiger partial charge on any atom is 0.0872 e. The molecule has 0 N–H and O–H groups in total. The van der Waals surface area contributed by atoms with Crippen molar-refractivity contribution in [2.24, 2.45) is 10.2 Å². The second-order valence-corrected chi connectivity index (χ2v) is 6.65. The number of hydrogen-bond donors (Lipinski definition) is 0. The van der Waals surface area contributed by atoms with Crippen molar-refractivity contribution in [3.05, 3.63) is 48.0 Å². The predicted molar refractivity (Wildman–Crippen MR) is 96.3 cm³/mol. The van der Waals surface area contributed by atoms with Crippen LogP contribution in [-0.4, -0.2) is 18.1 Å². The Hall–Kier alpha value is -2.27. The summed E-state index contributed by atoms with van der Waals surface area (Å²) < 4.78 is 1.14. The molecule has 116 valence electrons. The molecule has 0 spiro atoms. The minimum atomic E-state index is 0.863. The highest BCUT2D eigenvalue weighted by Crippen LogP contribution is 2.27. The SMILES string of the molecule is c1nc2ccc(N=Nc3ccc(N4CCCCC4)cc3)cc2s1. The highest BCUT2D eigenvalue weighted by Gasteiger charge is 2.10. The third kappa shape index (κ3) is 3.24. The Kier molecular flexibility index (Phi) is 4.03. The van der Waals surface area contributed by atoms with Gasteiger partial charge in [-0.1, -0.05) is 0 Å². The number of fused-ring (bicyclic) bond motifs is 1. The van der Waals surface area contributed by atoms with Gasteiger partial charge in [0.05, 0.1) is 27.1 Å². The number of rotatable bonds is 3. The average Bonchev–Trinajstić information content (AvgIpc) is 3.09. The molecule has 0 amide bonds. The van der Waals surface area contributed by atoms with Crippen LogP contribution in [0.25, 0.3) is 10.2 Å². The fourth-order valence-electron chi connectivity index (χ4n) is 2.90. The molecule has 1 aliphatic heterocycles. The van der Waals surface area contributed by atoms with E-state index in [9.17, 15) is 0 Å². The van der Waals surface area contributed by atoms with E-state index in [2.05, 4.69) is 32.2 Å². The van der Waals surface area contributed by atoms with E-state index in [1.807, 2.05) is 35.8 Å². The van der Waals surface area contributed by atoms with Crippen molar-refractivity contribution in [3.63, 3.8) is 0 Å². The van der Waals surface area contributed by atoms with E-state index < -0.39 is 0 Å². The van der Waals surface area contributed by atoms with Crippen LogP contribution in [0.4, 0.5) is 17.1 Å². The van der Waals surface area contributed by atoms with Gasteiger partial charge in [-0.15, -0.1) is 11.3 Å². The number of anilines is 1. The van der Waals surface area contributed by atoms with Crippen LogP contribution in [0.1, 0.15) is 19.3 Å². The second kappa shape index (κ2) is 6.46. The normalized spacial score (nSPS) is 15.6. The van der Waals surface area contributed by atoms with E-state index in [1.54, 1.807) is 11.3 Å². The first-order valence-electron chi connectivity index (χ1n) is 7.98. The first kappa shape index (κ1) is 14.3. The fraction of sp³-hybridized carbons (Fsp3) is 0.278. The van der Waals surface area contributed by atoms with Gasteiger partial charge in [0.15, 0.2) is 0 Å². The number of benzene rings is 2. The monoisotopic (exact) mass is 322 g/mol. The molecule has 0 atom stereocenters. The van der Waals surface area contributed by atoms with Gasteiger partial charge in [0.25, 0.3) is 0 Å². The van der Waals surface area contributed by atoms with Crippen molar-refractivity contribution >= 4 is 38.6 Å². The van der Waals surface area contributed by atoms with Crippen LogP contribution >= 0.6 is 11.3 Å². The summed E-state index contributed by atoms with van der Waals surface area (Å²) in [6.07, 6.45) is 3.94. The second-order valence-electron chi connectivity index (χ2n) is 5.77. The molecular weight excluding hydrogens is 304 g/mol. The number of piperidine rings is 1. The summed E-state index contributed by atoms with van der Waals surface area (Å²) in [5.41, 5.74) is 5.90. The summed E-state index contributed by atoms with van der Waals surface area (Å²) in [6.45, 7) is 2.32. The molecule has 0 radical (unpaired) electrons. The molecular formula is C18H18N4S. The maximum absolute atomic E-state index is 4.34. The summed E-state index contributed by atoms with van der Waals surface area (Å²) in [4.78, 5) is 6.72. The van der Waals surface area contributed by atoms with E-state index in [0.29, 0.717) is 0 Å². The Balaban J connectivity index is 1.49. The Labute approximate surface area is 139 Å². The number of thiazole rings is 1. The molecule has 2 heterocycles. The predicted octanol–water partition coefficient (Wildman–Crippen LogP) is 5.70. The first-order chi connectivity index (χ1) is 11.4. The summed E-state index contributed by atoms with van der Waals surface area (Å²) in [5.74, 6) is 0. The molecule has 1 saturated heterocycles. The van der Waals surface area contributed by atoms with Crippen LogP contribution in [0.5, 0.6) is 0 Å². The summed E-state index contributed by atoms with van der Waals surface area (Å²) in [5, 5.41) is 8.68. The first-order valence-corrected chi connectivity index (χ1v) is 8.86. The van der Waals surface area contributed by atoms with Gasteiger partial charge in [0.1, 0.15) is 0 Å². The molecule has 1 aromatic heterocycles. The third-order valence-corrected chi connectivity index (χ3v) is 4.96. The van der Waals surface area contributed by atoms with Gasteiger partial charge in [0.2, 0.25) is 0 Å². The fourth-order valence-corrected chi connectivity index (χ4v) is 3.61. The molecule has 23 heavy (non-hydrogen) atoms. The smallest absolute Gasteiger partial charge is 0.0872 e. The van der Waals surface area contributed by atoms with Gasteiger partial charge < -0.3 is 4.90 Å². The molecule has 4 rings (SSSR count). The largest absolute Gasteiger partial charge is 0.372 e. The van der Waals surface area contributed by atoms with Crippen molar-refractivity contribution in [1.29, 1.82) is 0 Å². The highest BCUT2D eigenvalue weighted by atomic mass is 32.1. The Morgan fingerprint density at radius 1 is 0.870 bits per heavy atom. The molecule has 0 unspecified atom stereocenters. The van der Waals surface area contributed by atoms with E-state index >= 15 is 0 Å². The molecule has 5 heteroatoms. The minimum Gasteiger partial charge on any atom is -0.372 e. The average molecular weight is 322 g/mol. The topological polar surface area (TPSA) is 40.9 Å². The van der Waals surface area contributed by atoms with Crippen LogP contribution < -0.4 is 4.90 Å². The van der Waals surface area contributed by atoms with Gasteiger partial charge in [-0.25, -0.2) is 4.98 Å². The maximum atomic E-state index is 4.34. The molecule has 2 aromatic carbocycles. The third-order valence-electron chi connectivity index (χ3n) is 4.17. The van der Waals surface area contributed by atoms with Gasteiger partial charge >= 0.3 is 0 Å². The van der Waals surface area contributed by atoms with Crippen molar-refractivity contribution in [3.8, 4) is 0 Å². The number of hydrogen-bond acceptors (Lipinski definition) is 5. The molecule has 0 saturated carbocycles. The molecule has 4 nitrogen and oxygen atoms in total. The summed E-state index contributed by atoms with van der Waals surface area (Å²) in [6, 6.07) is 14.3. The Bertz CT molecular complexity index is 816. The van der Waals surface area contributed by atoms with E-state index in [-0.39, 0.29) is 0 Å². The van der Waals surface area contributed by atoms with E-state index in [0.717, 1.165) is 34.7 Å². The molecule has 1 fully saturated rings. The zero-order valence-corrected chi connectivity index (χ0v) is 13.7. The van der Waals surface area contributed by atoms with E-state index in [4.69, 9.17) is 0 Å². The van der Waals surface area contributed by atoms with Crippen molar-refractivity contribution in [2.75, 3.05) is 18.0 Å². The zero-order valence-electron chi connectivity index (χ0n) is 12.9. The standard InChI is InChI=1S/C18H18N4S/c1-2-10-22(11-3-1)16-7-4-14(5-8-16)20-21-15-6-9-17-18(12-15)23-13-19-17/h4-9,12-13H,1-3,10-11H2. The van der Waals surface area contributed by atoms with Gasteiger partial charge in [-0.05, 0) is 61.7 Å².